The zero-order chi connectivity index (χ0) is 14.7. The second-order valence-corrected chi connectivity index (χ2v) is 6.01. The van der Waals surface area contributed by atoms with E-state index in [1.165, 1.54) is 12.1 Å². The van der Waals surface area contributed by atoms with Crippen molar-refractivity contribution in [2.24, 2.45) is 0 Å². The lowest BCUT2D eigenvalue weighted by Crippen LogP contribution is -2.26. The summed E-state index contributed by atoms with van der Waals surface area (Å²) in [7, 11) is 0. The Kier molecular flexibility index (Phi) is 4.93. The Bertz CT molecular complexity index is 630. The lowest BCUT2D eigenvalue weighted by atomic mass is 10.2. The summed E-state index contributed by atoms with van der Waals surface area (Å²) in [6, 6.07) is 4.01. The molecule has 106 valence electrons. The molecular weight excluding hydrogens is 393 g/mol. The average molecular weight is 405 g/mol. The van der Waals surface area contributed by atoms with Gasteiger partial charge in [0.25, 0.3) is 0 Å². The maximum atomic E-state index is 13.7. The molecule has 2 rings (SSSR count). The molecule has 1 unspecified atom stereocenters. The van der Waals surface area contributed by atoms with E-state index in [-0.39, 0.29) is 11.6 Å². The Balaban J connectivity index is 2.17. The fourth-order valence-electron chi connectivity index (χ4n) is 1.78. The summed E-state index contributed by atoms with van der Waals surface area (Å²) >= 11 is 6.46. The first kappa shape index (κ1) is 15.2. The van der Waals surface area contributed by atoms with Crippen molar-refractivity contribution in [1.29, 1.82) is 0 Å². The third-order valence-electron chi connectivity index (χ3n) is 2.77. The largest absolute Gasteiger partial charge is 0.322 e. The number of rotatable bonds is 4. The van der Waals surface area contributed by atoms with E-state index in [1.54, 1.807) is 23.1 Å². The lowest BCUT2D eigenvalue weighted by molar-refractivity contribution is -0.119. The molecule has 0 spiro atoms. The van der Waals surface area contributed by atoms with Crippen molar-refractivity contribution in [2.75, 3.05) is 5.32 Å². The number of carbonyl (C=O) groups excluding carboxylic acids is 1. The number of nitrogens with zero attached hydrogens (tertiary/aromatic N) is 2. The normalized spacial score (nSPS) is 12.2. The molecule has 1 amide bonds. The molecule has 4 nitrogen and oxygen atoms in total. The van der Waals surface area contributed by atoms with Gasteiger partial charge in [0, 0.05) is 10.7 Å². The predicted molar refractivity (Wildman–Crippen MR) is 82.0 cm³/mol. The van der Waals surface area contributed by atoms with Crippen molar-refractivity contribution in [3.63, 3.8) is 0 Å². The summed E-state index contributed by atoms with van der Waals surface area (Å²) in [6.07, 6.45) is 3.87. The van der Waals surface area contributed by atoms with Gasteiger partial charge in [0.2, 0.25) is 5.91 Å². The van der Waals surface area contributed by atoms with Crippen LogP contribution in [0.1, 0.15) is 19.4 Å². The number of hydrogen-bond acceptors (Lipinski definition) is 2. The first-order valence-electron chi connectivity index (χ1n) is 5.97. The van der Waals surface area contributed by atoms with E-state index in [0.29, 0.717) is 10.9 Å². The number of benzene rings is 1. The number of amides is 1. The number of carbonyl (C=O) groups is 1. The number of aromatic nitrogens is 2. The van der Waals surface area contributed by atoms with Crippen molar-refractivity contribution < 1.29 is 9.18 Å². The van der Waals surface area contributed by atoms with E-state index >= 15 is 0 Å². The molecule has 0 aliphatic heterocycles. The molecule has 0 saturated heterocycles. The SMILES string of the molecule is CCC(C(=O)Nc1ccc(Br)cc1F)n1cc(Br)cn1. The molecule has 0 radical (unpaired) electrons. The van der Waals surface area contributed by atoms with Crippen molar-refractivity contribution in [2.45, 2.75) is 19.4 Å². The Morgan fingerprint density at radius 3 is 2.75 bits per heavy atom. The van der Waals surface area contributed by atoms with Gasteiger partial charge >= 0.3 is 0 Å². The van der Waals surface area contributed by atoms with E-state index in [2.05, 4.69) is 42.3 Å². The molecular formula is C13H12Br2FN3O. The maximum absolute atomic E-state index is 13.7. The van der Waals surface area contributed by atoms with Gasteiger partial charge in [-0.15, -0.1) is 0 Å². The molecule has 1 N–H and O–H groups in total. The van der Waals surface area contributed by atoms with Crippen LogP contribution >= 0.6 is 31.9 Å². The van der Waals surface area contributed by atoms with Crippen LogP contribution in [-0.4, -0.2) is 15.7 Å². The molecule has 7 heteroatoms. The highest BCUT2D eigenvalue weighted by atomic mass is 79.9. The maximum Gasteiger partial charge on any atom is 0.249 e. The quantitative estimate of drug-likeness (QED) is 0.832. The summed E-state index contributed by atoms with van der Waals surface area (Å²) in [6.45, 7) is 1.87. The van der Waals surface area contributed by atoms with Crippen LogP contribution in [0.2, 0.25) is 0 Å². The van der Waals surface area contributed by atoms with E-state index in [9.17, 15) is 9.18 Å². The molecule has 0 aliphatic carbocycles. The Hall–Kier alpha value is -1.21. The minimum atomic E-state index is -0.482. The monoisotopic (exact) mass is 403 g/mol. The zero-order valence-electron chi connectivity index (χ0n) is 10.6. The fraction of sp³-hybridized carbons (Fsp3) is 0.231. The van der Waals surface area contributed by atoms with Gasteiger partial charge in [-0.3, -0.25) is 9.48 Å². The van der Waals surface area contributed by atoms with Crippen LogP contribution in [-0.2, 0) is 4.79 Å². The second-order valence-electron chi connectivity index (χ2n) is 4.18. The molecule has 0 aliphatic rings. The summed E-state index contributed by atoms with van der Waals surface area (Å²) in [4.78, 5) is 12.2. The molecule has 0 saturated carbocycles. The topological polar surface area (TPSA) is 46.9 Å². The summed E-state index contributed by atoms with van der Waals surface area (Å²) in [5.41, 5.74) is 0.155. The van der Waals surface area contributed by atoms with Gasteiger partial charge < -0.3 is 5.32 Å². The average Bonchev–Trinajstić information content (AvgIpc) is 2.80. The van der Waals surface area contributed by atoms with Crippen LogP contribution in [0, 0.1) is 5.82 Å². The molecule has 20 heavy (non-hydrogen) atoms. The van der Waals surface area contributed by atoms with Crippen molar-refractivity contribution in [3.05, 3.63) is 45.4 Å². The van der Waals surface area contributed by atoms with Crippen molar-refractivity contribution >= 4 is 43.5 Å². The second kappa shape index (κ2) is 6.49. The van der Waals surface area contributed by atoms with Gasteiger partial charge in [0.1, 0.15) is 11.9 Å². The van der Waals surface area contributed by atoms with Crippen molar-refractivity contribution in [1.82, 2.24) is 9.78 Å². The van der Waals surface area contributed by atoms with Gasteiger partial charge in [-0.25, -0.2) is 4.39 Å². The van der Waals surface area contributed by atoms with Gasteiger partial charge in [-0.1, -0.05) is 22.9 Å². The molecule has 0 bridgehead atoms. The third kappa shape index (κ3) is 3.46. The van der Waals surface area contributed by atoms with E-state index < -0.39 is 11.9 Å². The standard InChI is InChI=1S/C13H12Br2FN3O/c1-2-12(19-7-9(15)6-17-19)13(20)18-11-4-3-8(14)5-10(11)16/h3-7,12H,2H2,1H3,(H,18,20). The van der Waals surface area contributed by atoms with Crippen LogP contribution in [0.15, 0.2) is 39.5 Å². The van der Waals surface area contributed by atoms with Crippen LogP contribution in [0.4, 0.5) is 10.1 Å². The molecule has 1 heterocycles. The minimum Gasteiger partial charge on any atom is -0.322 e. The number of halogens is 3. The van der Waals surface area contributed by atoms with Crippen LogP contribution in [0.5, 0.6) is 0 Å². The Morgan fingerprint density at radius 2 is 2.20 bits per heavy atom. The van der Waals surface area contributed by atoms with Gasteiger partial charge in [-0.05, 0) is 40.5 Å². The van der Waals surface area contributed by atoms with Gasteiger partial charge in [0.15, 0.2) is 0 Å². The highest BCUT2D eigenvalue weighted by Crippen LogP contribution is 2.22. The highest BCUT2D eigenvalue weighted by molar-refractivity contribution is 9.10. The summed E-state index contributed by atoms with van der Waals surface area (Å²) in [5.74, 6) is -0.784. The van der Waals surface area contributed by atoms with Gasteiger partial charge in [-0.2, -0.15) is 5.10 Å². The summed E-state index contributed by atoms with van der Waals surface area (Å²) < 4.78 is 16.7. The molecule has 2 aromatic rings. The number of hydrogen-bond donors (Lipinski definition) is 1. The van der Waals surface area contributed by atoms with E-state index in [1.807, 2.05) is 6.92 Å². The lowest BCUT2D eigenvalue weighted by Gasteiger charge is -2.15. The molecule has 0 fully saturated rings. The van der Waals surface area contributed by atoms with Crippen molar-refractivity contribution in [3.8, 4) is 0 Å². The Morgan fingerprint density at radius 1 is 1.45 bits per heavy atom. The van der Waals surface area contributed by atoms with Crippen LogP contribution < -0.4 is 5.32 Å². The minimum absolute atomic E-state index is 0.155. The molecule has 1 aromatic carbocycles. The van der Waals surface area contributed by atoms with Crippen LogP contribution in [0.3, 0.4) is 0 Å². The smallest absolute Gasteiger partial charge is 0.249 e. The fourth-order valence-corrected chi connectivity index (χ4v) is 2.42. The first-order chi connectivity index (χ1) is 9.51. The highest BCUT2D eigenvalue weighted by Gasteiger charge is 2.20. The molecule has 1 atom stereocenters. The molecule has 1 aromatic heterocycles. The first-order valence-corrected chi connectivity index (χ1v) is 7.55. The third-order valence-corrected chi connectivity index (χ3v) is 3.67. The zero-order valence-corrected chi connectivity index (χ0v) is 13.8. The van der Waals surface area contributed by atoms with E-state index in [4.69, 9.17) is 0 Å². The predicted octanol–water partition coefficient (Wildman–Crippen LogP) is 4.14. The number of anilines is 1. The van der Waals surface area contributed by atoms with Crippen LogP contribution in [0.25, 0.3) is 0 Å². The summed E-state index contributed by atoms with van der Waals surface area (Å²) in [5, 5.41) is 6.68. The Labute approximate surface area is 132 Å². The van der Waals surface area contributed by atoms with E-state index in [0.717, 1.165) is 4.47 Å². The number of nitrogens with one attached hydrogen (secondary N) is 1. The van der Waals surface area contributed by atoms with Gasteiger partial charge in [0.05, 0.1) is 16.4 Å².